The Morgan fingerprint density at radius 1 is 1.32 bits per heavy atom. The number of aryl methyl sites for hydroxylation is 2. The lowest BCUT2D eigenvalue weighted by molar-refractivity contribution is 0.102. The average Bonchev–Trinajstić information content (AvgIpc) is 2.36. The van der Waals surface area contributed by atoms with E-state index in [1.807, 2.05) is 6.92 Å². The van der Waals surface area contributed by atoms with Crippen LogP contribution in [0.2, 0.25) is 5.15 Å². The van der Waals surface area contributed by atoms with E-state index >= 15 is 0 Å². The van der Waals surface area contributed by atoms with Gasteiger partial charge >= 0.3 is 0 Å². The smallest absolute Gasteiger partial charge is 0.259 e. The van der Waals surface area contributed by atoms with Crippen LogP contribution in [0.4, 0.5) is 5.69 Å². The first kappa shape index (κ1) is 13.4. The average molecular weight is 277 g/mol. The molecular weight excluding hydrogens is 264 g/mol. The molecule has 4 nitrogen and oxygen atoms in total. The molecule has 1 aromatic carbocycles. The molecule has 0 aliphatic carbocycles. The fraction of sp³-hybridized carbons (Fsp3) is 0.143. The number of pyridine rings is 1. The van der Waals surface area contributed by atoms with E-state index in [4.69, 9.17) is 11.6 Å². The van der Waals surface area contributed by atoms with Crippen LogP contribution in [-0.2, 0) is 0 Å². The zero-order valence-electron chi connectivity index (χ0n) is 10.6. The van der Waals surface area contributed by atoms with Crippen molar-refractivity contribution < 1.29 is 9.90 Å². The highest BCUT2D eigenvalue weighted by Gasteiger charge is 2.12. The summed E-state index contributed by atoms with van der Waals surface area (Å²) < 4.78 is 0. The van der Waals surface area contributed by atoms with E-state index in [1.165, 1.54) is 12.3 Å². The summed E-state index contributed by atoms with van der Waals surface area (Å²) in [6, 6.07) is 6.58. The van der Waals surface area contributed by atoms with Gasteiger partial charge in [-0.05, 0) is 37.6 Å². The van der Waals surface area contributed by atoms with Gasteiger partial charge in [-0.25, -0.2) is 4.98 Å². The van der Waals surface area contributed by atoms with Gasteiger partial charge in [0.25, 0.3) is 5.91 Å². The van der Waals surface area contributed by atoms with Gasteiger partial charge in [-0.2, -0.15) is 0 Å². The Morgan fingerprint density at radius 2 is 2.05 bits per heavy atom. The second-order valence-electron chi connectivity index (χ2n) is 4.31. The van der Waals surface area contributed by atoms with Crippen molar-refractivity contribution in [3.8, 4) is 5.75 Å². The van der Waals surface area contributed by atoms with E-state index in [9.17, 15) is 9.90 Å². The summed E-state index contributed by atoms with van der Waals surface area (Å²) in [5, 5.41) is 12.8. The zero-order valence-corrected chi connectivity index (χ0v) is 11.3. The summed E-state index contributed by atoms with van der Waals surface area (Å²) in [5.41, 5.74) is 2.43. The summed E-state index contributed by atoms with van der Waals surface area (Å²) in [4.78, 5) is 16.0. The second-order valence-corrected chi connectivity index (χ2v) is 4.66. The lowest BCUT2D eigenvalue weighted by Gasteiger charge is -2.08. The van der Waals surface area contributed by atoms with Crippen molar-refractivity contribution in [2.24, 2.45) is 0 Å². The van der Waals surface area contributed by atoms with E-state index in [-0.39, 0.29) is 17.2 Å². The maximum Gasteiger partial charge on any atom is 0.259 e. The summed E-state index contributed by atoms with van der Waals surface area (Å²) in [5.74, 6) is -0.438. The molecule has 0 bridgehead atoms. The molecule has 0 spiro atoms. The van der Waals surface area contributed by atoms with Crippen molar-refractivity contribution in [3.05, 3.63) is 52.3 Å². The van der Waals surface area contributed by atoms with Gasteiger partial charge in [-0.1, -0.05) is 23.2 Å². The van der Waals surface area contributed by atoms with Gasteiger partial charge in [-0.3, -0.25) is 4.79 Å². The molecule has 98 valence electrons. The van der Waals surface area contributed by atoms with Gasteiger partial charge in [0.1, 0.15) is 10.9 Å². The van der Waals surface area contributed by atoms with Gasteiger partial charge in [0, 0.05) is 0 Å². The number of carbonyl (C=O) groups is 1. The first-order valence-electron chi connectivity index (χ1n) is 5.70. The highest BCUT2D eigenvalue weighted by Crippen LogP contribution is 2.21. The number of hydrogen-bond donors (Lipinski definition) is 2. The highest BCUT2D eigenvalue weighted by molar-refractivity contribution is 6.30. The van der Waals surface area contributed by atoms with Gasteiger partial charge in [-0.15, -0.1) is 0 Å². The van der Waals surface area contributed by atoms with Crippen molar-refractivity contribution in [1.29, 1.82) is 0 Å². The Labute approximate surface area is 116 Å². The number of phenols is 1. The number of hydrogen-bond acceptors (Lipinski definition) is 3. The summed E-state index contributed by atoms with van der Waals surface area (Å²) in [6.45, 7) is 3.65. The second kappa shape index (κ2) is 5.28. The number of rotatable bonds is 2. The van der Waals surface area contributed by atoms with Crippen molar-refractivity contribution in [2.45, 2.75) is 13.8 Å². The van der Waals surface area contributed by atoms with Crippen LogP contribution in [0.15, 0.2) is 30.5 Å². The Morgan fingerprint density at radius 3 is 2.74 bits per heavy atom. The molecule has 2 aromatic rings. The van der Waals surface area contributed by atoms with E-state index in [0.29, 0.717) is 10.8 Å². The molecular formula is C14H13ClN2O2. The number of halogens is 1. The molecule has 2 rings (SSSR count). The fourth-order valence-corrected chi connectivity index (χ4v) is 1.76. The minimum Gasteiger partial charge on any atom is -0.507 e. The van der Waals surface area contributed by atoms with Gasteiger partial charge < -0.3 is 10.4 Å². The zero-order chi connectivity index (χ0) is 14.0. The monoisotopic (exact) mass is 276 g/mol. The number of carbonyl (C=O) groups excluding carboxylic acids is 1. The summed E-state index contributed by atoms with van der Waals surface area (Å²) in [7, 11) is 0. The third kappa shape index (κ3) is 3.03. The number of phenolic OH excluding ortho intramolecular Hbond substituents is 1. The van der Waals surface area contributed by atoms with Crippen molar-refractivity contribution in [1.82, 2.24) is 4.98 Å². The maximum atomic E-state index is 12.1. The number of benzene rings is 1. The molecule has 1 heterocycles. The van der Waals surface area contributed by atoms with Crippen molar-refractivity contribution in [2.75, 3.05) is 5.32 Å². The molecule has 0 saturated heterocycles. The SMILES string of the molecule is Cc1ccc(O)c(C(=O)Nc2cnc(Cl)c(C)c2)c1. The lowest BCUT2D eigenvalue weighted by atomic mass is 10.1. The molecule has 0 unspecified atom stereocenters. The largest absolute Gasteiger partial charge is 0.507 e. The highest BCUT2D eigenvalue weighted by atomic mass is 35.5. The summed E-state index contributed by atoms with van der Waals surface area (Å²) >= 11 is 5.82. The Hall–Kier alpha value is -2.07. The van der Waals surface area contributed by atoms with Crippen LogP contribution in [0, 0.1) is 13.8 Å². The first-order valence-corrected chi connectivity index (χ1v) is 6.08. The molecule has 1 amide bonds. The summed E-state index contributed by atoms with van der Waals surface area (Å²) in [6.07, 6.45) is 1.47. The van der Waals surface area contributed by atoms with Crippen LogP contribution in [0.3, 0.4) is 0 Å². The maximum absolute atomic E-state index is 12.1. The van der Waals surface area contributed by atoms with Crippen molar-refractivity contribution in [3.63, 3.8) is 0 Å². The molecule has 0 radical (unpaired) electrons. The van der Waals surface area contributed by atoms with E-state index in [2.05, 4.69) is 10.3 Å². The normalized spacial score (nSPS) is 10.3. The van der Waals surface area contributed by atoms with Crippen LogP contribution < -0.4 is 5.32 Å². The van der Waals surface area contributed by atoms with Crippen molar-refractivity contribution >= 4 is 23.2 Å². The van der Waals surface area contributed by atoms with E-state index < -0.39 is 0 Å². The number of amides is 1. The number of nitrogens with zero attached hydrogens (tertiary/aromatic N) is 1. The third-order valence-electron chi connectivity index (χ3n) is 2.67. The predicted molar refractivity (Wildman–Crippen MR) is 74.8 cm³/mol. The number of aromatic nitrogens is 1. The molecule has 0 aliphatic rings. The minimum atomic E-state index is -0.385. The van der Waals surface area contributed by atoms with Crippen LogP contribution in [0.1, 0.15) is 21.5 Å². The fourth-order valence-electron chi connectivity index (χ4n) is 1.66. The molecule has 1 aromatic heterocycles. The standard InChI is InChI=1S/C14H13ClN2O2/c1-8-3-4-12(18)11(5-8)14(19)17-10-6-9(2)13(15)16-7-10/h3-7,18H,1-2H3,(H,17,19). The quantitative estimate of drug-likeness (QED) is 0.827. The number of anilines is 1. The molecule has 2 N–H and O–H groups in total. The molecule has 5 heteroatoms. The van der Waals surface area contributed by atoms with Crippen LogP contribution >= 0.6 is 11.6 Å². The van der Waals surface area contributed by atoms with Gasteiger partial charge in [0.15, 0.2) is 0 Å². The number of nitrogens with one attached hydrogen (secondary N) is 1. The lowest BCUT2D eigenvalue weighted by Crippen LogP contribution is -2.12. The van der Waals surface area contributed by atoms with Gasteiger partial charge in [0.2, 0.25) is 0 Å². The molecule has 0 atom stereocenters. The van der Waals surface area contributed by atoms with Crippen LogP contribution in [0.25, 0.3) is 0 Å². The third-order valence-corrected chi connectivity index (χ3v) is 3.06. The molecule has 19 heavy (non-hydrogen) atoms. The minimum absolute atomic E-state index is 0.0539. The molecule has 0 aliphatic heterocycles. The van der Waals surface area contributed by atoms with E-state index in [0.717, 1.165) is 11.1 Å². The van der Waals surface area contributed by atoms with Crippen LogP contribution in [0.5, 0.6) is 5.75 Å². The Balaban J connectivity index is 2.25. The topological polar surface area (TPSA) is 62.2 Å². The molecule has 0 saturated carbocycles. The van der Waals surface area contributed by atoms with E-state index in [1.54, 1.807) is 25.1 Å². The first-order chi connectivity index (χ1) is 8.97. The Bertz CT molecular complexity index is 641. The molecule has 0 fully saturated rings. The Kier molecular flexibility index (Phi) is 3.71. The van der Waals surface area contributed by atoms with Gasteiger partial charge in [0.05, 0.1) is 17.4 Å². The number of aromatic hydroxyl groups is 1. The predicted octanol–water partition coefficient (Wildman–Crippen LogP) is 3.31. The van der Waals surface area contributed by atoms with Crippen LogP contribution in [-0.4, -0.2) is 16.0 Å².